The summed E-state index contributed by atoms with van der Waals surface area (Å²) in [5.41, 5.74) is 0. The van der Waals surface area contributed by atoms with Gasteiger partial charge in [-0.25, -0.2) is 0 Å². The summed E-state index contributed by atoms with van der Waals surface area (Å²) in [6.07, 6.45) is 26.9. The summed E-state index contributed by atoms with van der Waals surface area (Å²) in [4.78, 5) is 12.3. The number of rotatable bonds is 29. The van der Waals surface area contributed by atoms with Crippen LogP contribution in [0.25, 0.3) is 0 Å². The number of aliphatic hydroxyl groups excluding tert-OH is 4. The summed E-state index contributed by atoms with van der Waals surface area (Å²) in [6, 6.07) is -0.982. The molecule has 6 nitrogen and oxygen atoms in total. The van der Waals surface area contributed by atoms with Crippen LogP contribution in [0.15, 0.2) is 12.2 Å². The van der Waals surface area contributed by atoms with Crippen molar-refractivity contribution in [1.29, 1.82) is 0 Å². The maximum atomic E-state index is 12.3. The Morgan fingerprint density at radius 3 is 1.49 bits per heavy atom. The molecule has 0 aliphatic rings. The van der Waals surface area contributed by atoms with Gasteiger partial charge in [0.1, 0.15) is 12.2 Å². The number of allylic oxidation sites excluding steroid dienone is 2. The van der Waals surface area contributed by atoms with E-state index < -0.39 is 36.9 Å². The first-order chi connectivity index (χ1) is 19.0. The molecule has 6 heteroatoms. The topological polar surface area (TPSA) is 110 Å². The average molecular weight is 556 g/mol. The normalized spacial score (nSPS) is 14.9. The van der Waals surface area contributed by atoms with Gasteiger partial charge in [-0.2, -0.15) is 0 Å². The van der Waals surface area contributed by atoms with Crippen molar-refractivity contribution in [2.24, 2.45) is 0 Å². The molecule has 0 aromatic carbocycles. The van der Waals surface area contributed by atoms with E-state index in [-0.39, 0.29) is 0 Å². The summed E-state index contributed by atoms with van der Waals surface area (Å²) in [5, 5.41) is 43.0. The Kier molecular flexibility index (Phi) is 27.9. The van der Waals surface area contributed by atoms with Crippen molar-refractivity contribution in [2.45, 2.75) is 186 Å². The molecule has 1 amide bonds. The molecule has 232 valence electrons. The molecule has 0 aliphatic carbocycles. The molecule has 4 unspecified atom stereocenters. The van der Waals surface area contributed by atoms with Crippen molar-refractivity contribution >= 4 is 5.91 Å². The van der Waals surface area contributed by atoms with Crippen molar-refractivity contribution in [1.82, 2.24) is 5.32 Å². The van der Waals surface area contributed by atoms with E-state index in [2.05, 4.69) is 31.3 Å². The highest BCUT2D eigenvalue weighted by molar-refractivity contribution is 5.80. The molecule has 0 spiro atoms. The first-order valence-corrected chi connectivity index (χ1v) is 16.6. The average Bonchev–Trinajstić information content (AvgIpc) is 2.94. The van der Waals surface area contributed by atoms with E-state index in [1.54, 1.807) is 0 Å². The first kappa shape index (κ1) is 38.0. The van der Waals surface area contributed by atoms with Crippen molar-refractivity contribution in [3.63, 3.8) is 0 Å². The smallest absolute Gasteiger partial charge is 0.249 e. The molecule has 0 radical (unpaired) electrons. The summed E-state index contributed by atoms with van der Waals surface area (Å²) in [7, 11) is 0. The molecule has 0 fully saturated rings. The lowest BCUT2D eigenvalue weighted by atomic mass is 9.99. The van der Waals surface area contributed by atoms with Gasteiger partial charge in [0.15, 0.2) is 0 Å². The van der Waals surface area contributed by atoms with Crippen LogP contribution in [0.2, 0.25) is 0 Å². The van der Waals surface area contributed by atoms with Crippen LogP contribution in [0.5, 0.6) is 0 Å². The second-order valence-corrected chi connectivity index (χ2v) is 11.5. The van der Waals surface area contributed by atoms with Crippen molar-refractivity contribution in [2.75, 3.05) is 6.61 Å². The lowest BCUT2D eigenvalue weighted by Gasteiger charge is -2.27. The van der Waals surface area contributed by atoms with Crippen molar-refractivity contribution in [3.05, 3.63) is 12.2 Å². The Balaban J connectivity index is 3.80. The quantitative estimate of drug-likeness (QED) is 0.0499. The highest BCUT2D eigenvalue weighted by Crippen LogP contribution is 2.14. The Morgan fingerprint density at radius 1 is 0.615 bits per heavy atom. The maximum absolute atomic E-state index is 12.3. The van der Waals surface area contributed by atoms with Crippen LogP contribution in [-0.4, -0.2) is 57.3 Å². The van der Waals surface area contributed by atoms with E-state index in [4.69, 9.17) is 0 Å². The third-order valence-corrected chi connectivity index (χ3v) is 7.73. The molecule has 0 saturated carbocycles. The molecule has 39 heavy (non-hydrogen) atoms. The molecule has 0 aromatic heterocycles. The molecular formula is C33H65NO5. The highest BCUT2D eigenvalue weighted by atomic mass is 16.3. The molecule has 0 aliphatic heterocycles. The second-order valence-electron chi connectivity index (χ2n) is 11.5. The lowest BCUT2D eigenvalue weighted by molar-refractivity contribution is -0.132. The summed E-state index contributed by atoms with van der Waals surface area (Å²) in [6.45, 7) is 3.94. The monoisotopic (exact) mass is 555 g/mol. The van der Waals surface area contributed by atoms with E-state index >= 15 is 0 Å². The number of carbonyl (C=O) groups excluding carboxylic acids is 1. The molecule has 0 aromatic rings. The van der Waals surface area contributed by atoms with Crippen LogP contribution in [0, 0.1) is 0 Å². The Morgan fingerprint density at radius 2 is 1.03 bits per heavy atom. The fourth-order valence-electron chi connectivity index (χ4n) is 4.98. The number of carbonyl (C=O) groups is 1. The molecule has 4 atom stereocenters. The van der Waals surface area contributed by atoms with E-state index in [1.807, 2.05) is 0 Å². The van der Waals surface area contributed by atoms with Gasteiger partial charge in [-0.05, 0) is 38.5 Å². The predicted octanol–water partition coefficient (Wildman–Crippen LogP) is 7.11. The Bertz CT molecular complexity index is 556. The molecule has 0 bridgehead atoms. The largest absolute Gasteiger partial charge is 0.394 e. The van der Waals surface area contributed by atoms with Crippen LogP contribution in [0.4, 0.5) is 0 Å². The van der Waals surface area contributed by atoms with Gasteiger partial charge in [-0.3, -0.25) is 4.79 Å². The van der Waals surface area contributed by atoms with Crippen LogP contribution >= 0.6 is 0 Å². The molecule has 0 heterocycles. The van der Waals surface area contributed by atoms with Gasteiger partial charge in [-0.15, -0.1) is 0 Å². The van der Waals surface area contributed by atoms with E-state index in [0.29, 0.717) is 12.8 Å². The van der Waals surface area contributed by atoms with Crippen LogP contribution in [-0.2, 0) is 4.79 Å². The SMILES string of the molecule is CCCCCCCCCCC/C=C\CCCCCCC(O)C(=O)NC(CO)C(O)C(O)CCCCCCCC. The predicted molar refractivity (Wildman–Crippen MR) is 164 cm³/mol. The third kappa shape index (κ3) is 23.5. The van der Waals surface area contributed by atoms with Gasteiger partial charge in [0.25, 0.3) is 0 Å². The summed E-state index contributed by atoms with van der Waals surface area (Å²) < 4.78 is 0. The number of hydrogen-bond donors (Lipinski definition) is 5. The first-order valence-electron chi connectivity index (χ1n) is 16.6. The van der Waals surface area contributed by atoms with Gasteiger partial charge < -0.3 is 25.7 Å². The minimum absolute atomic E-state index is 0.356. The van der Waals surface area contributed by atoms with Crippen LogP contribution in [0.3, 0.4) is 0 Å². The molecule has 0 saturated heterocycles. The van der Waals surface area contributed by atoms with Gasteiger partial charge in [0.05, 0.1) is 18.8 Å². The minimum atomic E-state index is -1.25. The van der Waals surface area contributed by atoms with E-state index in [1.165, 1.54) is 83.5 Å². The van der Waals surface area contributed by atoms with Gasteiger partial charge in [-0.1, -0.05) is 135 Å². The number of nitrogens with one attached hydrogen (secondary N) is 1. The zero-order valence-corrected chi connectivity index (χ0v) is 25.6. The standard InChI is InChI=1S/C33H65NO5/c1-3-5-7-9-11-12-13-14-15-16-17-18-19-20-21-23-25-27-31(37)33(39)34-29(28-35)32(38)30(36)26-24-22-10-8-6-4-2/h17-18,29-32,35-38H,3-16,19-28H2,1-2H3,(H,34,39)/b18-17-. The number of hydrogen-bond acceptors (Lipinski definition) is 5. The number of unbranched alkanes of at least 4 members (excludes halogenated alkanes) is 18. The Labute approximate surface area is 241 Å². The van der Waals surface area contributed by atoms with Gasteiger partial charge >= 0.3 is 0 Å². The zero-order chi connectivity index (χ0) is 29.0. The lowest BCUT2D eigenvalue weighted by Crippen LogP contribution is -2.53. The maximum Gasteiger partial charge on any atom is 0.249 e. The van der Waals surface area contributed by atoms with E-state index in [9.17, 15) is 25.2 Å². The van der Waals surface area contributed by atoms with Gasteiger partial charge in [0.2, 0.25) is 5.91 Å². The zero-order valence-electron chi connectivity index (χ0n) is 25.6. The van der Waals surface area contributed by atoms with Crippen molar-refractivity contribution in [3.8, 4) is 0 Å². The minimum Gasteiger partial charge on any atom is -0.394 e. The molecule has 5 N–H and O–H groups in total. The summed E-state index contributed by atoms with van der Waals surface area (Å²) in [5.74, 6) is -0.598. The third-order valence-electron chi connectivity index (χ3n) is 7.73. The van der Waals surface area contributed by atoms with Crippen LogP contribution < -0.4 is 5.32 Å². The van der Waals surface area contributed by atoms with E-state index in [0.717, 1.165) is 51.4 Å². The molecule has 0 rings (SSSR count). The Hall–Kier alpha value is -0.950. The summed E-state index contributed by atoms with van der Waals surface area (Å²) >= 11 is 0. The second kappa shape index (κ2) is 28.6. The number of amides is 1. The van der Waals surface area contributed by atoms with Gasteiger partial charge in [0, 0.05) is 0 Å². The molecular weight excluding hydrogens is 490 g/mol. The van der Waals surface area contributed by atoms with Crippen molar-refractivity contribution < 1.29 is 25.2 Å². The fraction of sp³-hybridized carbons (Fsp3) is 0.909. The fourth-order valence-corrected chi connectivity index (χ4v) is 4.98. The highest BCUT2D eigenvalue weighted by Gasteiger charge is 2.28. The van der Waals surface area contributed by atoms with Crippen LogP contribution in [0.1, 0.15) is 162 Å². The number of aliphatic hydroxyl groups is 4.